The molecule has 3 nitrogen and oxygen atoms in total. The number of halogens is 1. The van der Waals surface area contributed by atoms with Gasteiger partial charge < -0.3 is 11.1 Å². The topological polar surface area (TPSA) is 50.4 Å². The largest absolute Gasteiger partial charge is 0.370 e. The van der Waals surface area contributed by atoms with E-state index in [1.807, 2.05) is 39.0 Å². The summed E-state index contributed by atoms with van der Waals surface area (Å²) in [4.78, 5) is 4.21. The zero-order chi connectivity index (χ0) is 11.4. The van der Waals surface area contributed by atoms with Crippen LogP contribution in [0.3, 0.4) is 0 Å². The van der Waals surface area contributed by atoms with Crippen molar-refractivity contribution >= 4 is 27.6 Å². The number of nitrogens with zero attached hydrogens (tertiary/aromatic N) is 1. The summed E-state index contributed by atoms with van der Waals surface area (Å²) in [6, 6.07) is 6.20. The van der Waals surface area contributed by atoms with Crippen LogP contribution in [0.15, 0.2) is 27.7 Å². The molecule has 15 heavy (non-hydrogen) atoms. The lowest BCUT2D eigenvalue weighted by molar-refractivity contribution is 0.833. The Labute approximate surface area is 98.9 Å². The van der Waals surface area contributed by atoms with Crippen LogP contribution < -0.4 is 11.1 Å². The van der Waals surface area contributed by atoms with E-state index in [0.29, 0.717) is 5.96 Å². The maximum Gasteiger partial charge on any atom is 0.193 e. The minimum absolute atomic E-state index is 0.199. The molecule has 0 spiro atoms. The van der Waals surface area contributed by atoms with E-state index in [1.54, 1.807) is 0 Å². The van der Waals surface area contributed by atoms with Gasteiger partial charge in [-0.2, -0.15) is 0 Å². The van der Waals surface area contributed by atoms with Gasteiger partial charge in [-0.1, -0.05) is 22.0 Å². The van der Waals surface area contributed by atoms with Gasteiger partial charge in [0.05, 0.1) is 0 Å². The molecule has 0 saturated heterocycles. The molecule has 0 aromatic heterocycles. The number of benzene rings is 1. The first-order chi connectivity index (χ1) is 6.99. The van der Waals surface area contributed by atoms with Crippen molar-refractivity contribution in [2.75, 3.05) is 5.32 Å². The first kappa shape index (κ1) is 12.0. The molecular weight excluding hydrogens is 254 g/mol. The van der Waals surface area contributed by atoms with Gasteiger partial charge in [0.25, 0.3) is 0 Å². The van der Waals surface area contributed by atoms with Crippen LogP contribution in [-0.4, -0.2) is 12.0 Å². The predicted octanol–water partition coefficient (Wildman–Crippen LogP) is 2.89. The molecule has 1 rings (SSSR count). The van der Waals surface area contributed by atoms with Crippen LogP contribution in [0.2, 0.25) is 0 Å². The number of hydrogen-bond acceptors (Lipinski definition) is 1. The predicted molar refractivity (Wildman–Crippen MR) is 69.3 cm³/mol. The van der Waals surface area contributed by atoms with E-state index in [0.717, 1.165) is 15.7 Å². The van der Waals surface area contributed by atoms with Crippen LogP contribution >= 0.6 is 15.9 Å². The maximum absolute atomic E-state index is 5.75. The molecular formula is C11H16BrN3. The van der Waals surface area contributed by atoms with Crippen molar-refractivity contribution in [2.24, 2.45) is 10.7 Å². The summed E-state index contributed by atoms with van der Waals surface area (Å²) < 4.78 is 1.02. The average molecular weight is 270 g/mol. The molecule has 0 heterocycles. The van der Waals surface area contributed by atoms with E-state index in [4.69, 9.17) is 5.73 Å². The van der Waals surface area contributed by atoms with Crippen molar-refractivity contribution in [3.05, 3.63) is 28.2 Å². The maximum atomic E-state index is 5.75. The van der Waals surface area contributed by atoms with Gasteiger partial charge in [0.15, 0.2) is 5.96 Å². The molecule has 0 aliphatic heterocycles. The lowest BCUT2D eigenvalue weighted by Crippen LogP contribution is -2.24. The second-order valence-corrected chi connectivity index (χ2v) is 4.61. The minimum Gasteiger partial charge on any atom is -0.370 e. The minimum atomic E-state index is 0.199. The number of guanidine groups is 1. The molecule has 0 amide bonds. The van der Waals surface area contributed by atoms with Crippen molar-refractivity contribution in [3.63, 3.8) is 0 Å². The third kappa shape index (κ3) is 3.91. The number of anilines is 1. The van der Waals surface area contributed by atoms with E-state index < -0.39 is 0 Å². The van der Waals surface area contributed by atoms with Crippen molar-refractivity contribution in [1.29, 1.82) is 0 Å². The molecule has 82 valence electrons. The molecule has 1 aromatic rings. The summed E-state index contributed by atoms with van der Waals surface area (Å²) in [6.07, 6.45) is 0. The lowest BCUT2D eigenvalue weighted by atomic mass is 10.2. The number of rotatable bonds is 2. The quantitative estimate of drug-likeness (QED) is 0.641. The summed E-state index contributed by atoms with van der Waals surface area (Å²) in [5, 5.41) is 3.08. The fourth-order valence-corrected chi connectivity index (χ4v) is 1.54. The highest BCUT2D eigenvalue weighted by Gasteiger charge is 2.00. The Morgan fingerprint density at radius 3 is 2.73 bits per heavy atom. The molecule has 0 saturated carbocycles. The third-order valence-corrected chi connectivity index (χ3v) is 2.35. The average Bonchev–Trinajstić information content (AvgIpc) is 2.10. The third-order valence-electron chi connectivity index (χ3n) is 1.86. The summed E-state index contributed by atoms with van der Waals surface area (Å²) in [5.74, 6) is 0.450. The van der Waals surface area contributed by atoms with Gasteiger partial charge in [0.2, 0.25) is 0 Å². The van der Waals surface area contributed by atoms with Gasteiger partial charge >= 0.3 is 0 Å². The Bertz CT molecular complexity index is 372. The van der Waals surface area contributed by atoms with Crippen LogP contribution in [0.25, 0.3) is 0 Å². The van der Waals surface area contributed by atoms with Crippen molar-refractivity contribution < 1.29 is 0 Å². The zero-order valence-corrected chi connectivity index (χ0v) is 10.8. The summed E-state index contributed by atoms with van der Waals surface area (Å²) in [5.41, 5.74) is 7.87. The molecule has 0 atom stereocenters. The van der Waals surface area contributed by atoms with E-state index in [-0.39, 0.29) is 6.04 Å². The number of nitrogens with one attached hydrogen (secondary N) is 1. The van der Waals surface area contributed by atoms with Crippen LogP contribution in [-0.2, 0) is 0 Å². The first-order valence-corrected chi connectivity index (χ1v) is 5.65. The van der Waals surface area contributed by atoms with Gasteiger partial charge in [-0.15, -0.1) is 0 Å². The van der Waals surface area contributed by atoms with Crippen LogP contribution in [0.5, 0.6) is 0 Å². The summed E-state index contributed by atoms with van der Waals surface area (Å²) >= 11 is 3.42. The molecule has 1 aromatic carbocycles. The van der Waals surface area contributed by atoms with Gasteiger partial charge in [0.1, 0.15) is 0 Å². The normalized spacial score (nSPS) is 11.9. The van der Waals surface area contributed by atoms with E-state index in [1.165, 1.54) is 0 Å². The Kier molecular flexibility index (Phi) is 4.15. The zero-order valence-electron chi connectivity index (χ0n) is 9.21. The molecule has 0 unspecified atom stereocenters. The number of hydrogen-bond donors (Lipinski definition) is 2. The van der Waals surface area contributed by atoms with Crippen molar-refractivity contribution in [1.82, 2.24) is 0 Å². The van der Waals surface area contributed by atoms with E-state index >= 15 is 0 Å². The molecule has 0 aliphatic carbocycles. The molecule has 3 N–H and O–H groups in total. The second kappa shape index (κ2) is 5.16. The Hall–Kier alpha value is -1.03. The van der Waals surface area contributed by atoms with Gasteiger partial charge in [-0.05, 0) is 38.5 Å². The molecule has 4 heteroatoms. The number of nitrogens with two attached hydrogens (primary N) is 1. The Morgan fingerprint density at radius 2 is 2.13 bits per heavy atom. The van der Waals surface area contributed by atoms with Crippen LogP contribution in [0.1, 0.15) is 19.4 Å². The molecule has 0 bridgehead atoms. The van der Waals surface area contributed by atoms with Gasteiger partial charge in [-0.25, -0.2) is 0 Å². The molecule has 0 radical (unpaired) electrons. The van der Waals surface area contributed by atoms with Crippen molar-refractivity contribution in [3.8, 4) is 0 Å². The Balaban J connectivity index is 2.85. The van der Waals surface area contributed by atoms with E-state index in [2.05, 4.69) is 26.2 Å². The molecule has 0 fully saturated rings. The van der Waals surface area contributed by atoms with Crippen LogP contribution in [0.4, 0.5) is 5.69 Å². The highest BCUT2D eigenvalue weighted by atomic mass is 79.9. The smallest absolute Gasteiger partial charge is 0.193 e. The van der Waals surface area contributed by atoms with E-state index in [9.17, 15) is 0 Å². The summed E-state index contributed by atoms with van der Waals surface area (Å²) in [7, 11) is 0. The highest BCUT2D eigenvalue weighted by Crippen LogP contribution is 2.20. The van der Waals surface area contributed by atoms with Gasteiger partial charge in [0, 0.05) is 16.2 Å². The highest BCUT2D eigenvalue weighted by molar-refractivity contribution is 9.10. The Morgan fingerprint density at radius 1 is 1.47 bits per heavy atom. The summed E-state index contributed by atoms with van der Waals surface area (Å²) in [6.45, 7) is 6.00. The monoisotopic (exact) mass is 269 g/mol. The standard InChI is InChI=1S/C11H16BrN3/c1-7(2)14-11(13)15-10-6-9(12)5-4-8(10)3/h4-7H,1-3H3,(H3,13,14,15). The van der Waals surface area contributed by atoms with Gasteiger partial charge in [-0.3, -0.25) is 4.99 Å². The second-order valence-electron chi connectivity index (χ2n) is 3.69. The number of aryl methyl sites for hydroxylation is 1. The lowest BCUT2D eigenvalue weighted by Gasteiger charge is -2.10. The van der Waals surface area contributed by atoms with Crippen LogP contribution in [0, 0.1) is 6.92 Å². The molecule has 0 aliphatic rings. The van der Waals surface area contributed by atoms with Crippen molar-refractivity contribution in [2.45, 2.75) is 26.8 Å². The number of aliphatic imine (C=N–C) groups is 1. The SMILES string of the molecule is Cc1ccc(Br)cc1NC(N)=NC(C)C. The first-order valence-electron chi connectivity index (χ1n) is 4.85. The fourth-order valence-electron chi connectivity index (χ4n) is 1.18. The fraction of sp³-hybridized carbons (Fsp3) is 0.364.